The Morgan fingerprint density at radius 2 is 1.84 bits per heavy atom. The molecule has 1 aliphatic carbocycles. The normalized spacial score (nSPS) is 23.2. The van der Waals surface area contributed by atoms with Gasteiger partial charge in [-0.2, -0.15) is 0 Å². The number of nitrogens with zero attached hydrogens (tertiary/aromatic N) is 4. The quantitative estimate of drug-likeness (QED) is 0.740. The lowest BCUT2D eigenvalue weighted by molar-refractivity contribution is 0.0836. The molecule has 32 heavy (non-hydrogen) atoms. The Kier molecular flexibility index (Phi) is 6.09. The molecule has 0 bridgehead atoms. The van der Waals surface area contributed by atoms with E-state index in [-0.39, 0.29) is 0 Å². The van der Waals surface area contributed by atoms with Gasteiger partial charge in [0.25, 0.3) is 0 Å². The number of ether oxygens (including phenoxy) is 1. The van der Waals surface area contributed by atoms with E-state index in [1.54, 1.807) is 6.33 Å². The number of aromatic nitrogens is 4. The first-order valence-corrected chi connectivity index (χ1v) is 11.8. The standard InChI is InChI=1S/C25H32FN5O/c1-16-13-20(3-4-22(16)26)21-14-27-24(19-7-11-32-12-8-19)30-25(21)31-9-5-18(6-10-31)23-17(2)28-15-29-23/h3,13-15,18-19,22H,4-12H2,1-2H3,(H,28,29). The largest absolute Gasteiger partial charge is 0.381 e. The molecule has 170 valence electrons. The number of hydrogen-bond acceptors (Lipinski definition) is 5. The monoisotopic (exact) mass is 437 g/mol. The van der Waals surface area contributed by atoms with Gasteiger partial charge in [0, 0.05) is 62.0 Å². The van der Waals surface area contributed by atoms with Crippen molar-refractivity contribution >= 4 is 11.4 Å². The van der Waals surface area contributed by atoms with E-state index in [4.69, 9.17) is 14.7 Å². The van der Waals surface area contributed by atoms with Crippen molar-refractivity contribution < 1.29 is 9.13 Å². The molecule has 1 atom stereocenters. The average molecular weight is 438 g/mol. The summed E-state index contributed by atoms with van der Waals surface area (Å²) in [6.45, 7) is 7.35. The summed E-state index contributed by atoms with van der Waals surface area (Å²) in [5, 5.41) is 0. The van der Waals surface area contributed by atoms with Crippen LogP contribution in [-0.4, -0.2) is 52.4 Å². The summed E-state index contributed by atoms with van der Waals surface area (Å²) in [7, 11) is 0. The van der Waals surface area contributed by atoms with E-state index in [1.807, 2.05) is 25.3 Å². The van der Waals surface area contributed by atoms with Gasteiger partial charge in [-0.15, -0.1) is 0 Å². The van der Waals surface area contributed by atoms with Gasteiger partial charge in [-0.3, -0.25) is 0 Å². The lowest BCUT2D eigenvalue weighted by Gasteiger charge is -2.34. The number of rotatable bonds is 4. The highest BCUT2D eigenvalue weighted by Crippen LogP contribution is 2.37. The van der Waals surface area contributed by atoms with Gasteiger partial charge in [0.05, 0.1) is 12.0 Å². The van der Waals surface area contributed by atoms with E-state index in [1.165, 1.54) is 11.4 Å². The highest BCUT2D eigenvalue weighted by Gasteiger charge is 2.28. The van der Waals surface area contributed by atoms with Gasteiger partial charge in [-0.05, 0) is 50.7 Å². The summed E-state index contributed by atoms with van der Waals surface area (Å²) in [5.74, 6) is 2.72. The van der Waals surface area contributed by atoms with Gasteiger partial charge in [0.2, 0.25) is 0 Å². The molecule has 0 spiro atoms. The van der Waals surface area contributed by atoms with Gasteiger partial charge < -0.3 is 14.6 Å². The molecule has 5 rings (SSSR count). The summed E-state index contributed by atoms with van der Waals surface area (Å²) in [5.41, 5.74) is 5.19. The second-order valence-electron chi connectivity index (χ2n) is 9.28. The van der Waals surface area contributed by atoms with Crippen molar-refractivity contribution in [3.63, 3.8) is 0 Å². The van der Waals surface area contributed by atoms with Crippen LogP contribution in [0.3, 0.4) is 0 Å². The molecular formula is C25H32FN5O. The zero-order valence-corrected chi connectivity index (χ0v) is 19.0. The third-order valence-corrected chi connectivity index (χ3v) is 7.16. The number of H-pyrrole nitrogens is 1. The number of aryl methyl sites for hydroxylation is 1. The molecule has 3 aliphatic rings. The second kappa shape index (κ2) is 9.14. The topological polar surface area (TPSA) is 66.9 Å². The molecule has 6 nitrogen and oxygen atoms in total. The van der Waals surface area contributed by atoms with E-state index in [0.29, 0.717) is 18.3 Å². The first-order chi connectivity index (χ1) is 15.6. The van der Waals surface area contributed by atoms with Gasteiger partial charge >= 0.3 is 0 Å². The number of alkyl halides is 1. The molecule has 2 fully saturated rings. The van der Waals surface area contributed by atoms with E-state index in [0.717, 1.165) is 80.3 Å². The lowest BCUT2D eigenvalue weighted by Crippen LogP contribution is -2.35. The zero-order chi connectivity index (χ0) is 22.1. The molecule has 1 N–H and O–H groups in total. The van der Waals surface area contributed by atoms with Crippen molar-refractivity contribution in [3.05, 3.63) is 53.0 Å². The van der Waals surface area contributed by atoms with Crippen LogP contribution in [0.2, 0.25) is 0 Å². The summed E-state index contributed by atoms with van der Waals surface area (Å²) in [6, 6.07) is 0. The number of anilines is 1. The molecule has 0 radical (unpaired) electrons. The molecule has 1 unspecified atom stereocenters. The van der Waals surface area contributed by atoms with Crippen LogP contribution in [0.15, 0.2) is 30.2 Å². The van der Waals surface area contributed by atoms with Gasteiger partial charge in [0.1, 0.15) is 17.8 Å². The number of imidazole rings is 1. The van der Waals surface area contributed by atoms with Crippen LogP contribution in [0.4, 0.5) is 10.2 Å². The number of nitrogens with one attached hydrogen (secondary N) is 1. The van der Waals surface area contributed by atoms with E-state index in [9.17, 15) is 4.39 Å². The van der Waals surface area contributed by atoms with Crippen LogP contribution >= 0.6 is 0 Å². The number of piperidine rings is 1. The molecule has 2 saturated heterocycles. The summed E-state index contributed by atoms with van der Waals surface area (Å²) in [4.78, 5) is 20.1. The van der Waals surface area contributed by atoms with Crippen LogP contribution in [0.5, 0.6) is 0 Å². The predicted molar refractivity (Wildman–Crippen MR) is 124 cm³/mol. The van der Waals surface area contributed by atoms with Crippen LogP contribution in [0.25, 0.3) is 5.57 Å². The maximum atomic E-state index is 14.1. The highest BCUT2D eigenvalue weighted by molar-refractivity contribution is 5.82. The number of halogens is 1. The zero-order valence-electron chi connectivity index (χ0n) is 19.0. The van der Waals surface area contributed by atoms with Crippen molar-refractivity contribution in [2.75, 3.05) is 31.2 Å². The van der Waals surface area contributed by atoms with Gasteiger partial charge in [-0.25, -0.2) is 19.3 Å². The second-order valence-corrected chi connectivity index (χ2v) is 9.28. The predicted octanol–water partition coefficient (Wildman–Crippen LogP) is 4.86. The molecule has 2 aliphatic heterocycles. The average Bonchev–Trinajstić information content (AvgIpc) is 3.27. The third-order valence-electron chi connectivity index (χ3n) is 7.16. The molecule has 0 aromatic carbocycles. The minimum Gasteiger partial charge on any atom is -0.381 e. The van der Waals surface area contributed by atoms with Crippen molar-refractivity contribution in [1.82, 2.24) is 19.9 Å². The van der Waals surface area contributed by atoms with Crippen LogP contribution in [-0.2, 0) is 4.74 Å². The number of hydrogen-bond donors (Lipinski definition) is 1. The Morgan fingerprint density at radius 3 is 2.53 bits per heavy atom. The maximum Gasteiger partial charge on any atom is 0.140 e. The molecule has 2 aromatic heterocycles. The number of allylic oxidation sites excluding steroid dienone is 4. The minimum atomic E-state index is -0.891. The number of aromatic amines is 1. The molecule has 0 saturated carbocycles. The molecular weight excluding hydrogens is 405 g/mol. The smallest absolute Gasteiger partial charge is 0.140 e. The van der Waals surface area contributed by atoms with Crippen LogP contribution in [0, 0.1) is 6.92 Å². The van der Waals surface area contributed by atoms with E-state index >= 15 is 0 Å². The van der Waals surface area contributed by atoms with Crippen molar-refractivity contribution in [3.8, 4) is 0 Å². The fraction of sp³-hybridized carbons (Fsp3) is 0.560. The van der Waals surface area contributed by atoms with E-state index < -0.39 is 6.17 Å². The Balaban J connectivity index is 1.44. The summed E-state index contributed by atoms with van der Waals surface area (Å²) in [6.07, 6.45) is 11.3. The van der Waals surface area contributed by atoms with Crippen molar-refractivity contribution in [2.24, 2.45) is 0 Å². The molecule has 7 heteroatoms. The fourth-order valence-corrected chi connectivity index (χ4v) is 5.13. The highest BCUT2D eigenvalue weighted by atomic mass is 19.1. The third kappa shape index (κ3) is 4.22. The minimum absolute atomic E-state index is 0.341. The van der Waals surface area contributed by atoms with E-state index in [2.05, 4.69) is 21.8 Å². The van der Waals surface area contributed by atoms with Gasteiger partial charge in [-0.1, -0.05) is 12.2 Å². The Hall–Kier alpha value is -2.54. The maximum absolute atomic E-state index is 14.1. The van der Waals surface area contributed by atoms with Crippen molar-refractivity contribution in [1.29, 1.82) is 0 Å². The van der Waals surface area contributed by atoms with Crippen LogP contribution < -0.4 is 4.90 Å². The fourth-order valence-electron chi connectivity index (χ4n) is 5.13. The summed E-state index contributed by atoms with van der Waals surface area (Å²) < 4.78 is 19.6. The Morgan fingerprint density at radius 1 is 1.06 bits per heavy atom. The molecule has 2 aromatic rings. The summed E-state index contributed by atoms with van der Waals surface area (Å²) >= 11 is 0. The Labute approximate surface area is 189 Å². The first kappa shape index (κ1) is 21.3. The first-order valence-electron chi connectivity index (χ1n) is 11.8. The lowest BCUT2D eigenvalue weighted by atomic mass is 9.91. The SMILES string of the molecule is CC1=CC(c2cnc(C3CCOCC3)nc2N2CCC(c3nc[nH]c3C)CC2)=CCC1F. The van der Waals surface area contributed by atoms with Crippen molar-refractivity contribution in [2.45, 2.75) is 64.0 Å². The molecule has 0 amide bonds. The van der Waals surface area contributed by atoms with Crippen LogP contribution in [0.1, 0.15) is 73.6 Å². The molecule has 4 heterocycles. The van der Waals surface area contributed by atoms with Gasteiger partial charge in [0.15, 0.2) is 0 Å². The Bertz CT molecular complexity index is 1020.